The molecule has 0 aromatic carbocycles. The van der Waals surface area contributed by atoms with Gasteiger partial charge >= 0.3 is 6.09 Å². The van der Waals surface area contributed by atoms with Crippen molar-refractivity contribution in [2.75, 3.05) is 20.2 Å². The van der Waals surface area contributed by atoms with E-state index in [9.17, 15) is 14.7 Å². The van der Waals surface area contributed by atoms with Gasteiger partial charge in [-0.1, -0.05) is 39.0 Å². The molecule has 5 aliphatic rings. The van der Waals surface area contributed by atoms with Crippen LogP contribution in [0.15, 0.2) is 36.0 Å². The Kier molecular flexibility index (Phi) is 5.32. The van der Waals surface area contributed by atoms with Crippen LogP contribution in [0.2, 0.25) is 0 Å². The fraction of sp³-hybridized carbons (Fsp3) is 0.714. The van der Waals surface area contributed by atoms with Crippen molar-refractivity contribution >= 4 is 11.9 Å². The first-order valence-electron chi connectivity index (χ1n) is 12.7. The Hall–Kier alpha value is -1.96. The molecular weight excluding hydrogens is 446 g/mol. The third-order valence-electron chi connectivity index (χ3n) is 9.60. The van der Waals surface area contributed by atoms with E-state index in [0.717, 1.165) is 12.0 Å². The summed E-state index contributed by atoms with van der Waals surface area (Å²) in [6.07, 6.45) is 3.88. The maximum absolute atomic E-state index is 14.6. The van der Waals surface area contributed by atoms with Crippen molar-refractivity contribution in [2.45, 2.75) is 71.6 Å². The van der Waals surface area contributed by atoms with E-state index >= 15 is 0 Å². The second kappa shape index (κ2) is 7.53. The Bertz CT molecular complexity index is 1040. The molecule has 1 amide bonds. The number of hydrogen-bond donors (Lipinski definition) is 1. The van der Waals surface area contributed by atoms with Gasteiger partial charge in [0, 0.05) is 19.5 Å². The number of carbonyl (C=O) groups excluding carboxylic acids is 2. The van der Waals surface area contributed by atoms with Gasteiger partial charge in [-0.15, -0.1) is 6.58 Å². The predicted octanol–water partition coefficient (Wildman–Crippen LogP) is 3.88. The molecule has 1 aliphatic heterocycles. The van der Waals surface area contributed by atoms with Crippen molar-refractivity contribution < 1.29 is 28.9 Å². The molecule has 1 N–H and O–H groups in total. The molecule has 0 unspecified atom stereocenters. The van der Waals surface area contributed by atoms with Gasteiger partial charge in [0.15, 0.2) is 23.3 Å². The Morgan fingerprint density at radius 1 is 1.34 bits per heavy atom. The number of amides is 1. The predicted molar refractivity (Wildman–Crippen MR) is 130 cm³/mol. The monoisotopic (exact) mass is 485 g/mol. The maximum atomic E-state index is 14.6. The Morgan fingerprint density at radius 2 is 2.03 bits per heavy atom. The van der Waals surface area contributed by atoms with E-state index < -0.39 is 35.1 Å². The highest BCUT2D eigenvalue weighted by molar-refractivity contribution is 5.95. The molecular formula is C28H39NO6. The van der Waals surface area contributed by atoms with Gasteiger partial charge in [-0.2, -0.15) is 0 Å². The summed E-state index contributed by atoms with van der Waals surface area (Å²) in [7, 11) is 1.62. The zero-order valence-corrected chi connectivity index (χ0v) is 22.0. The fourth-order valence-corrected chi connectivity index (χ4v) is 7.76. The molecule has 7 heteroatoms. The van der Waals surface area contributed by atoms with Gasteiger partial charge in [-0.25, -0.2) is 4.79 Å². The standard InChI is InChI=1S/C28H39NO6/c1-9-10-29(8)24(31)34-22-15(2)13-27-16(3)11-19-20(25(19,4)5)18(21(27)30)12-17-14-33-26(6,7)35-23(17)28(22,27)32/h9,12-13,16,18-20,22-23,32H,1,10-11,14H2,2-8H3/t16-,18+,19-,20+,22+,23-,27+,28-/m1/s1. The lowest BCUT2D eigenvalue weighted by atomic mass is 9.59. The molecule has 1 saturated heterocycles. The van der Waals surface area contributed by atoms with Crippen molar-refractivity contribution in [1.29, 1.82) is 0 Å². The Labute approximate surface area is 208 Å². The number of ether oxygens (including phenoxy) is 3. The second-order valence-corrected chi connectivity index (χ2v) is 12.4. The molecule has 35 heavy (non-hydrogen) atoms. The minimum atomic E-state index is -1.79. The van der Waals surface area contributed by atoms with Crippen LogP contribution in [0.4, 0.5) is 4.79 Å². The third-order valence-corrected chi connectivity index (χ3v) is 9.60. The first kappa shape index (κ1) is 24.7. The van der Waals surface area contributed by atoms with Gasteiger partial charge in [-0.3, -0.25) is 4.79 Å². The largest absolute Gasteiger partial charge is 0.438 e. The first-order chi connectivity index (χ1) is 16.2. The summed E-state index contributed by atoms with van der Waals surface area (Å²) in [5.74, 6) is -0.874. The van der Waals surface area contributed by atoms with Crippen LogP contribution in [0.5, 0.6) is 0 Å². The topological polar surface area (TPSA) is 85.3 Å². The van der Waals surface area contributed by atoms with Crippen LogP contribution >= 0.6 is 0 Å². The maximum Gasteiger partial charge on any atom is 0.410 e. The fourth-order valence-electron chi connectivity index (χ4n) is 7.76. The minimum Gasteiger partial charge on any atom is -0.438 e. The van der Waals surface area contributed by atoms with Gasteiger partial charge < -0.3 is 24.2 Å². The number of nitrogens with zero attached hydrogens (tertiary/aromatic N) is 1. The molecule has 5 rings (SSSR count). The highest BCUT2D eigenvalue weighted by atomic mass is 16.7. The van der Waals surface area contributed by atoms with Gasteiger partial charge in [0.25, 0.3) is 0 Å². The molecule has 0 aromatic rings. The lowest BCUT2D eigenvalue weighted by Gasteiger charge is -2.52. The van der Waals surface area contributed by atoms with Crippen LogP contribution in [0, 0.1) is 34.5 Å². The van der Waals surface area contributed by atoms with E-state index in [2.05, 4.69) is 27.4 Å². The van der Waals surface area contributed by atoms with Crippen LogP contribution in [0.3, 0.4) is 0 Å². The number of rotatable bonds is 3. The van der Waals surface area contributed by atoms with Gasteiger partial charge in [0.05, 0.1) is 12.0 Å². The number of fused-ring (bicyclic) bond motifs is 5. The van der Waals surface area contributed by atoms with Crippen LogP contribution in [0.1, 0.15) is 48.0 Å². The zero-order valence-electron chi connectivity index (χ0n) is 22.0. The van der Waals surface area contributed by atoms with Crippen LogP contribution in [-0.4, -0.2) is 65.7 Å². The zero-order chi connectivity index (χ0) is 25.7. The molecule has 8 atom stereocenters. The van der Waals surface area contributed by atoms with Gasteiger partial charge in [0.1, 0.15) is 6.10 Å². The smallest absolute Gasteiger partial charge is 0.410 e. The highest BCUT2D eigenvalue weighted by Crippen LogP contribution is 2.72. The summed E-state index contributed by atoms with van der Waals surface area (Å²) in [5, 5.41) is 12.9. The molecule has 2 bridgehead atoms. The Balaban J connectivity index is 1.68. The second-order valence-electron chi connectivity index (χ2n) is 12.4. The summed E-state index contributed by atoms with van der Waals surface area (Å²) in [6.45, 7) is 16.2. The van der Waals surface area contributed by atoms with Gasteiger partial charge in [-0.05, 0) is 61.5 Å². The quantitative estimate of drug-likeness (QED) is 0.611. The number of Topliss-reactive ketones (excluding diaryl/α,β-unsaturated/α-hetero) is 1. The summed E-state index contributed by atoms with van der Waals surface area (Å²) in [5.41, 5.74) is -1.54. The summed E-state index contributed by atoms with van der Waals surface area (Å²) < 4.78 is 18.4. The van der Waals surface area contributed by atoms with E-state index in [1.807, 2.05) is 32.9 Å². The molecule has 1 spiro atoms. The van der Waals surface area contributed by atoms with Crippen molar-refractivity contribution in [3.8, 4) is 0 Å². The van der Waals surface area contributed by atoms with Crippen LogP contribution < -0.4 is 0 Å². The van der Waals surface area contributed by atoms with Crippen molar-refractivity contribution in [2.24, 2.45) is 34.5 Å². The molecule has 1 heterocycles. The lowest BCUT2D eigenvalue weighted by Crippen LogP contribution is -2.68. The summed E-state index contributed by atoms with van der Waals surface area (Å²) >= 11 is 0. The van der Waals surface area contributed by atoms with E-state index in [1.54, 1.807) is 13.1 Å². The number of likely N-dealkylation sites (N-methyl/N-ethyl adjacent to an activating group) is 1. The summed E-state index contributed by atoms with van der Waals surface area (Å²) in [4.78, 5) is 29.0. The minimum absolute atomic E-state index is 0.00577. The normalized spacial score (nSPS) is 44.4. The molecule has 0 radical (unpaired) electrons. The average Bonchev–Trinajstić information content (AvgIpc) is 3.26. The van der Waals surface area contributed by atoms with E-state index in [-0.39, 0.29) is 35.6 Å². The SMILES string of the molecule is C=CCN(C)C(=O)O[C@H]1C(C)=C[C@]23C(=O)[C@@H](C=C4COC(C)(C)O[C@H]4[C@]12O)[C@H]1[C@@H](C[C@H]3C)C1(C)C. The van der Waals surface area contributed by atoms with E-state index in [4.69, 9.17) is 14.2 Å². The number of ketones is 1. The highest BCUT2D eigenvalue weighted by Gasteiger charge is 2.77. The number of hydrogen-bond acceptors (Lipinski definition) is 6. The van der Waals surface area contributed by atoms with Gasteiger partial charge in [0.2, 0.25) is 0 Å². The molecule has 7 nitrogen and oxygen atoms in total. The number of allylic oxidation sites excluding steroid dienone is 1. The molecule has 3 fully saturated rings. The number of carbonyl (C=O) groups is 2. The van der Waals surface area contributed by atoms with Crippen LogP contribution in [0.25, 0.3) is 0 Å². The van der Waals surface area contributed by atoms with E-state index in [1.165, 1.54) is 4.90 Å². The van der Waals surface area contributed by atoms with Crippen molar-refractivity contribution in [3.63, 3.8) is 0 Å². The lowest BCUT2D eigenvalue weighted by molar-refractivity contribution is -0.303. The Morgan fingerprint density at radius 3 is 2.69 bits per heavy atom. The van der Waals surface area contributed by atoms with Crippen molar-refractivity contribution in [3.05, 3.63) is 36.0 Å². The van der Waals surface area contributed by atoms with Crippen molar-refractivity contribution in [1.82, 2.24) is 4.90 Å². The molecule has 192 valence electrons. The van der Waals surface area contributed by atoms with Crippen LogP contribution in [-0.2, 0) is 19.0 Å². The molecule has 2 saturated carbocycles. The first-order valence-corrected chi connectivity index (χ1v) is 12.7. The average molecular weight is 486 g/mol. The van der Waals surface area contributed by atoms with E-state index in [0.29, 0.717) is 18.0 Å². The third kappa shape index (κ3) is 3.13. The molecule has 4 aliphatic carbocycles. The summed E-state index contributed by atoms with van der Waals surface area (Å²) in [6, 6.07) is 0. The number of aliphatic hydroxyl groups is 1. The molecule has 0 aromatic heterocycles.